The van der Waals surface area contributed by atoms with Crippen molar-refractivity contribution < 1.29 is 35.5 Å². The normalized spacial score (nSPS) is 12.6. The first-order valence-electron chi connectivity index (χ1n) is 9.16. The number of alkyl halides is 6. The van der Waals surface area contributed by atoms with Crippen LogP contribution < -0.4 is 10.6 Å². The minimum absolute atomic E-state index is 0.0234. The number of rotatable bonds is 3. The lowest BCUT2D eigenvalue weighted by Gasteiger charge is -2.13. The number of hydrogen-bond donors (Lipinski definition) is 3. The summed E-state index contributed by atoms with van der Waals surface area (Å²) in [6, 6.07) is 6.30. The van der Waals surface area contributed by atoms with Crippen LogP contribution in [-0.4, -0.2) is 22.1 Å². The predicted octanol–water partition coefficient (Wildman–Crippen LogP) is 6.27. The van der Waals surface area contributed by atoms with Crippen molar-refractivity contribution in [2.75, 3.05) is 10.6 Å². The van der Waals surface area contributed by atoms with Crippen molar-refractivity contribution in [3.05, 3.63) is 75.7 Å². The van der Waals surface area contributed by atoms with Gasteiger partial charge in [0, 0.05) is 21.8 Å². The van der Waals surface area contributed by atoms with Gasteiger partial charge in [0.05, 0.1) is 5.56 Å². The molecule has 14 heteroatoms. The summed E-state index contributed by atoms with van der Waals surface area (Å²) in [6.07, 6.45) is -9.39. The Kier molecular flexibility index (Phi) is 6.87. The van der Waals surface area contributed by atoms with Crippen molar-refractivity contribution in [2.24, 2.45) is 4.99 Å². The van der Waals surface area contributed by atoms with Crippen LogP contribution in [0.1, 0.15) is 27.2 Å². The van der Waals surface area contributed by atoms with Crippen molar-refractivity contribution in [3.63, 3.8) is 0 Å². The van der Waals surface area contributed by atoms with Crippen LogP contribution in [0.3, 0.4) is 0 Å². The zero-order chi connectivity index (χ0) is 25.3. The van der Waals surface area contributed by atoms with Crippen LogP contribution in [0.25, 0.3) is 0 Å². The monoisotopic (exact) mass is 507 g/mol. The molecule has 0 radical (unpaired) electrons. The Morgan fingerprint density at radius 2 is 1.65 bits per heavy atom. The summed E-state index contributed by atoms with van der Waals surface area (Å²) in [5, 5.41) is 10.2. The Hall–Kier alpha value is -3.61. The van der Waals surface area contributed by atoms with Gasteiger partial charge < -0.3 is 10.6 Å². The number of H-pyrrole nitrogens is 1. The highest BCUT2D eigenvalue weighted by Gasteiger charge is 2.37. The van der Waals surface area contributed by atoms with E-state index in [1.807, 2.05) is 0 Å². The molecule has 0 saturated carbocycles. The van der Waals surface area contributed by atoms with Crippen molar-refractivity contribution in [1.29, 1.82) is 0 Å². The van der Waals surface area contributed by atoms with E-state index in [1.54, 1.807) is 0 Å². The van der Waals surface area contributed by atoms with Crippen LogP contribution in [0, 0.1) is 12.7 Å². The molecule has 2 aromatic carbocycles. The molecule has 1 amide bonds. The molecular weight excluding hydrogens is 495 g/mol. The summed E-state index contributed by atoms with van der Waals surface area (Å²) in [7, 11) is 0. The fraction of sp³-hybridized carbons (Fsp3) is 0.150. The minimum atomic E-state index is -4.77. The molecule has 0 fully saturated rings. The third-order valence-electron chi connectivity index (χ3n) is 4.32. The number of nitrogens with one attached hydrogen (secondary N) is 3. The van der Waals surface area contributed by atoms with E-state index in [4.69, 9.17) is 11.6 Å². The van der Waals surface area contributed by atoms with Gasteiger partial charge in [-0.1, -0.05) is 11.6 Å². The van der Waals surface area contributed by atoms with Crippen molar-refractivity contribution in [3.8, 4) is 0 Å². The molecular formula is C20H13ClF7N5O. The van der Waals surface area contributed by atoms with Gasteiger partial charge in [-0.3, -0.25) is 9.89 Å². The zero-order valence-electron chi connectivity index (χ0n) is 16.9. The molecule has 0 bridgehead atoms. The van der Waals surface area contributed by atoms with Gasteiger partial charge in [-0.25, -0.2) is 4.39 Å². The summed E-state index contributed by atoms with van der Waals surface area (Å²) < 4.78 is 91.0. The Morgan fingerprint density at radius 3 is 2.18 bits per heavy atom. The highest BCUT2D eigenvalue weighted by atomic mass is 35.5. The number of hydrogen-bond acceptors (Lipinski definition) is 2. The number of carbonyl (C=O) groups is 1. The lowest BCUT2D eigenvalue weighted by Crippen LogP contribution is -2.24. The number of nitrogens with zero attached hydrogens (tertiary/aromatic N) is 2. The molecule has 1 heterocycles. The molecule has 0 aliphatic rings. The van der Waals surface area contributed by atoms with Crippen molar-refractivity contribution in [1.82, 2.24) is 10.2 Å². The van der Waals surface area contributed by atoms with E-state index >= 15 is 0 Å². The van der Waals surface area contributed by atoms with Crippen LogP contribution in [0.5, 0.6) is 0 Å². The first-order chi connectivity index (χ1) is 15.7. The maximum atomic E-state index is 13.7. The maximum absolute atomic E-state index is 13.7. The lowest BCUT2D eigenvalue weighted by atomic mass is 10.1. The summed E-state index contributed by atoms with van der Waals surface area (Å²) in [5.74, 6) is -2.58. The standard InChI is InChI=1S/C20H13ClF7N5O/c1-9-15(20(26,27)28)32-33-16(9)30-18(29-14-7-12(21)6-13(22)8-14)31-17(34)10-2-4-11(5-3-10)19(23,24)25/h2-8H,1H3,(H3,29,30,31,32,33,34). The Balaban J connectivity index is 1.96. The highest BCUT2D eigenvalue weighted by Crippen LogP contribution is 2.33. The van der Waals surface area contributed by atoms with E-state index in [1.165, 1.54) is 6.07 Å². The molecule has 0 saturated heterocycles. The topological polar surface area (TPSA) is 82.2 Å². The average molecular weight is 508 g/mol. The van der Waals surface area contributed by atoms with Gasteiger partial charge in [0.1, 0.15) is 11.6 Å². The third-order valence-corrected chi connectivity index (χ3v) is 4.54. The predicted molar refractivity (Wildman–Crippen MR) is 110 cm³/mol. The molecule has 3 rings (SSSR count). The number of carbonyl (C=O) groups excluding carboxylic acids is 1. The molecule has 180 valence electrons. The number of aromatic nitrogens is 2. The van der Waals surface area contributed by atoms with Gasteiger partial charge in [0.15, 0.2) is 5.69 Å². The van der Waals surface area contributed by atoms with E-state index in [9.17, 15) is 35.5 Å². The molecule has 3 N–H and O–H groups in total. The second-order valence-corrected chi connectivity index (χ2v) is 7.26. The highest BCUT2D eigenvalue weighted by molar-refractivity contribution is 6.31. The number of guanidine groups is 1. The number of aliphatic imine (C=N–C) groups is 1. The van der Waals surface area contributed by atoms with Gasteiger partial charge in [-0.15, -0.1) is 0 Å². The molecule has 0 aliphatic heterocycles. The smallest absolute Gasteiger partial charge is 0.325 e. The summed E-state index contributed by atoms with van der Waals surface area (Å²) in [5.41, 5.74) is -2.85. The quantitative estimate of drug-likeness (QED) is 0.222. The number of amides is 1. The lowest BCUT2D eigenvalue weighted by molar-refractivity contribution is -0.141. The van der Waals surface area contributed by atoms with Crippen molar-refractivity contribution in [2.45, 2.75) is 19.3 Å². The molecule has 0 unspecified atom stereocenters. The molecule has 0 atom stereocenters. The summed E-state index contributed by atoms with van der Waals surface area (Å²) in [4.78, 5) is 16.2. The minimum Gasteiger partial charge on any atom is -0.325 e. The number of aromatic amines is 1. The Bertz CT molecular complexity index is 1210. The molecule has 34 heavy (non-hydrogen) atoms. The van der Waals surface area contributed by atoms with Gasteiger partial charge in [0.25, 0.3) is 5.91 Å². The van der Waals surface area contributed by atoms with Crippen LogP contribution >= 0.6 is 11.6 Å². The van der Waals surface area contributed by atoms with E-state index in [0.717, 1.165) is 31.2 Å². The number of halogens is 8. The Labute approximate surface area is 191 Å². The van der Waals surface area contributed by atoms with Gasteiger partial charge in [0.2, 0.25) is 5.96 Å². The van der Waals surface area contributed by atoms with Crippen LogP contribution in [0.4, 0.5) is 42.2 Å². The largest absolute Gasteiger partial charge is 0.435 e. The van der Waals surface area contributed by atoms with Crippen LogP contribution in [0.15, 0.2) is 47.5 Å². The first kappa shape index (κ1) is 25.0. The fourth-order valence-corrected chi connectivity index (χ4v) is 2.95. The van der Waals surface area contributed by atoms with E-state index in [2.05, 4.69) is 25.8 Å². The Morgan fingerprint density at radius 1 is 1.00 bits per heavy atom. The van der Waals surface area contributed by atoms with E-state index < -0.39 is 41.3 Å². The van der Waals surface area contributed by atoms with Crippen LogP contribution in [0.2, 0.25) is 5.02 Å². The van der Waals surface area contributed by atoms with E-state index in [0.29, 0.717) is 12.1 Å². The van der Waals surface area contributed by atoms with E-state index in [-0.39, 0.29) is 27.7 Å². The zero-order valence-corrected chi connectivity index (χ0v) is 17.6. The maximum Gasteiger partial charge on any atom is 0.435 e. The van der Waals surface area contributed by atoms with Crippen molar-refractivity contribution >= 4 is 35.0 Å². The fourth-order valence-electron chi connectivity index (χ4n) is 2.73. The molecule has 0 spiro atoms. The molecule has 6 nitrogen and oxygen atoms in total. The number of benzene rings is 2. The third kappa shape index (κ3) is 6.04. The van der Waals surface area contributed by atoms with Crippen LogP contribution in [-0.2, 0) is 12.4 Å². The second kappa shape index (κ2) is 9.33. The summed E-state index contributed by atoms with van der Waals surface area (Å²) >= 11 is 5.79. The average Bonchev–Trinajstić information content (AvgIpc) is 3.07. The number of anilines is 2. The molecule has 0 aliphatic carbocycles. The first-order valence-corrected chi connectivity index (χ1v) is 9.54. The second-order valence-electron chi connectivity index (χ2n) is 6.82. The molecule has 3 aromatic rings. The van der Waals surface area contributed by atoms with Gasteiger partial charge >= 0.3 is 12.4 Å². The van der Waals surface area contributed by atoms with Gasteiger partial charge in [-0.2, -0.15) is 36.4 Å². The summed E-state index contributed by atoms with van der Waals surface area (Å²) in [6.45, 7) is 1.10. The van der Waals surface area contributed by atoms with Gasteiger partial charge in [-0.05, 0) is 49.4 Å². The molecule has 1 aromatic heterocycles. The SMILES string of the molecule is Cc1c(C(F)(F)F)n[nH]c1N/C(=N\C(=O)c1ccc(C(F)(F)F)cc1)Nc1cc(F)cc(Cl)c1.